The van der Waals surface area contributed by atoms with E-state index in [9.17, 15) is 9.59 Å². The molecule has 1 aromatic carbocycles. The number of ether oxygens (including phenoxy) is 1. The van der Waals surface area contributed by atoms with Crippen molar-refractivity contribution in [1.82, 2.24) is 0 Å². The molecule has 0 aliphatic heterocycles. The largest absolute Gasteiger partial charge is 0.465 e. The van der Waals surface area contributed by atoms with E-state index in [-0.39, 0.29) is 22.9 Å². The number of carbonyl (C=O) groups is 2. The lowest BCUT2D eigenvalue weighted by Crippen LogP contribution is -2.14. The Labute approximate surface area is 163 Å². The monoisotopic (exact) mass is 378 g/mol. The first-order valence-electron chi connectivity index (χ1n) is 9.71. The molecule has 146 valence electrons. The molecule has 0 aliphatic carbocycles. The summed E-state index contributed by atoms with van der Waals surface area (Å²) in [5.74, 6) is 0.711. The third-order valence-electron chi connectivity index (χ3n) is 4.55. The zero-order valence-corrected chi connectivity index (χ0v) is 17.8. The maximum Gasteiger partial charge on any atom is 0.306 e. The Balaban J connectivity index is 2.33. The Morgan fingerprint density at radius 1 is 1.12 bits per heavy atom. The molecular formula is C22H34O3S. The van der Waals surface area contributed by atoms with Gasteiger partial charge in [-0.1, -0.05) is 89.9 Å². The molecule has 3 nitrogen and oxygen atoms in total. The van der Waals surface area contributed by atoms with E-state index >= 15 is 0 Å². The molecule has 0 saturated carbocycles. The van der Waals surface area contributed by atoms with Gasteiger partial charge in [0.25, 0.3) is 0 Å². The highest BCUT2D eigenvalue weighted by atomic mass is 32.2. The first kappa shape index (κ1) is 22.8. The van der Waals surface area contributed by atoms with Crippen LogP contribution in [-0.4, -0.2) is 23.4 Å². The van der Waals surface area contributed by atoms with Crippen molar-refractivity contribution in [3.63, 3.8) is 0 Å². The minimum Gasteiger partial charge on any atom is -0.465 e. The number of unbranched alkanes of at least 4 members (excludes halogenated alkanes) is 1. The lowest BCUT2D eigenvalue weighted by Gasteiger charge is -2.18. The van der Waals surface area contributed by atoms with Gasteiger partial charge in [0, 0.05) is 11.3 Å². The van der Waals surface area contributed by atoms with Gasteiger partial charge in [0.1, 0.15) is 0 Å². The minimum atomic E-state index is -0.205. The van der Waals surface area contributed by atoms with Crippen LogP contribution in [0.1, 0.15) is 82.6 Å². The molecule has 0 aromatic heterocycles. The van der Waals surface area contributed by atoms with Crippen molar-refractivity contribution in [1.29, 1.82) is 0 Å². The lowest BCUT2D eigenvalue weighted by molar-refractivity contribution is -0.144. The van der Waals surface area contributed by atoms with Crippen LogP contribution in [0.25, 0.3) is 0 Å². The highest BCUT2D eigenvalue weighted by Gasteiger charge is 2.15. The number of hydrogen-bond donors (Lipinski definition) is 0. The molecule has 26 heavy (non-hydrogen) atoms. The van der Waals surface area contributed by atoms with E-state index in [0.717, 1.165) is 12.8 Å². The summed E-state index contributed by atoms with van der Waals surface area (Å²) in [7, 11) is 0. The van der Waals surface area contributed by atoms with Crippen LogP contribution in [0.3, 0.4) is 0 Å². The summed E-state index contributed by atoms with van der Waals surface area (Å²) in [4.78, 5) is 24.1. The summed E-state index contributed by atoms with van der Waals surface area (Å²) in [5.41, 5.74) is 1.96. The Morgan fingerprint density at radius 3 is 2.31 bits per heavy atom. The fourth-order valence-electron chi connectivity index (χ4n) is 2.60. The third-order valence-corrected chi connectivity index (χ3v) is 5.46. The van der Waals surface area contributed by atoms with Crippen molar-refractivity contribution in [3.05, 3.63) is 35.4 Å². The molecule has 1 unspecified atom stereocenters. The third kappa shape index (κ3) is 8.39. The Morgan fingerprint density at radius 2 is 1.77 bits per heavy atom. The average Bonchev–Trinajstić information content (AvgIpc) is 2.61. The van der Waals surface area contributed by atoms with E-state index in [2.05, 4.69) is 34.6 Å². The summed E-state index contributed by atoms with van der Waals surface area (Å²) < 4.78 is 5.37. The second-order valence-electron chi connectivity index (χ2n) is 7.81. The van der Waals surface area contributed by atoms with Crippen LogP contribution in [0.4, 0.5) is 0 Å². The number of benzene rings is 1. The lowest BCUT2D eigenvalue weighted by atomic mass is 9.87. The van der Waals surface area contributed by atoms with Crippen molar-refractivity contribution < 1.29 is 14.3 Å². The number of rotatable bonds is 10. The Bertz CT molecular complexity index is 558. The summed E-state index contributed by atoms with van der Waals surface area (Å²) in [6.07, 6.45) is 4.76. The zero-order valence-electron chi connectivity index (χ0n) is 17.0. The molecule has 0 saturated heterocycles. The van der Waals surface area contributed by atoms with Crippen molar-refractivity contribution in [3.8, 4) is 0 Å². The van der Waals surface area contributed by atoms with Crippen LogP contribution in [0.15, 0.2) is 24.3 Å². The highest BCUT2D eigenvalue weighted by molar-refractivity contribution is 8.14. The second-order valence-corrected chi connectivity index (χ2v) is 8.88. The fourth-order valence-corrected chi connectivity index (χ4v) is 3.35. The molecule has 0 N–H and O–H groups in total. The SMILES string of the molecule is CCCCC(CC)COC(=O)CCSC(=O)c1ccc(C(C)(C)C)cc1. The van der Waals surface area contributed by atoms with Crippen LogP contribution in [-0.2, 0) is 14.9 Å². The quantitative estimate of drug-likeness (QED) is 0.468. The van der Waals surface area contributed by atoms with Gasteiger partial charge in [0.05, 0.1) is 13.0 Å². The minimum absolute atomic E-state index is 0.00707. The van der Waals surface area contributed by atoms with Gasteiger partial charge >= 0.3 is 5.97 Å². The number of thioether (sulfide) groups is 1. The standard InChI is InChI=1S/C22H34O3S/c1-6-8-9-17(7-2)16-25-20(23)14-15-26-21(24)18-10-12-19(13-11-18)22(3,4)5/h10-13,17H,6-9,14-16H2,1-5H3. The Hall–Kier alpha value is -1.29. The van der Waals surface area contributed by atoms with Crippen molar-refractivity contribution in [2.75, 3.05) is 12.4 Å². The maximum absolute atomic E-state index is 12.2. The molecule has 1 atom stereocenters. The van der Waals surface area contributed by atoms with Crippen molar-refractivity contribution >= 4 is 22.8 Å². The van der Waals surface area contributed by atoms with Gasteiger partial charge in [-0.25, -0.2) is 0 Å². The first-order valence-corrected chi connectivity index (χ1v) is 10.7. The van der Waals surface area contributed by atoms with Crippen LogP contribution >= 0.6 is 11.8 Å². The van der Waals surface area contributed by atoms with E-state index in [1.807, 2.05) is 24.3 Å². The van der Waals surface area contributed by atoms with E-state index in [1.165, 1.54) is 30.2 Å². The maximum atomic E-state index is 12.2. The number of carbonyl (C=O) groups excluding carboxylic acids is 2. The molecule has 1 rings (SSSR count). The smallest absolute Gasteiger partial charge is 0.306 e. The van der Waals surface area contributed by atoms with E-state index < -0.39 is 0 Å². The fraction of sp³-hybridized carbons (Fsp3) is 0.636. The van der Waals surface area contributed by atoms with E-state index in [1.54, 1.807) is 0 Å². The van der Waals surface area contributed by atoms with Gasteiger partial charge in [0.2, 0.25) is 5.12 Å². The van der Waals surface area contributed by atoms with Gasteiger partial charge in [-0.3, -0.25) is 9.59 Å². The first-order chi connectivity index (χ1) is 12.3. The number of esters is 1. The zero-order chi connectivity index (χ0) is 19.6. The number of hydrogen-bond acceptors (Lipinski definition) is 4. The molecule has 4 heteroatoms. The predicted molar refractivity (Wildman–Crippen MR) is 111 cm³/mol. The Kier molecular flexibility index (Phi) is 10.0. The van der Waals surface area contributed by atoms with E-state index in [4.69, 9.17) is 4.74 Å². The average molecular weight is 379 g/mol. The van der Waals surface area contributed by atoms with Crippen LogP contribution < -0.4 is 0 Å². The molecule has 0 bridgehead atoms. The van der Waals surface area contributed by atoms with Gasteiger partial charge < -0.3 is 4.74 Å². The molecule has 0 amide bonds. The predicted octanol–water partition coefficient (Wildman–Crippen LogP) is 6.01. The van der Waals surface area contributed by atoms with Crippen LogP contribution in [0.5, 0.6) is 0 Å². The molecular weight excluding hydrogens is 344 g/mol. The molecule has 0 spiro atoms. The second kappa shape index (κ2) is 11.4. The van der Waals surface area contributed by atoms with Gasteiger partial charge in [-0.15, -0.1) is 0 Å². The summed E-state index contributed by atoms with van der Waals surface area (Å²) in [6.45, 7) is 11.3. The summed E-state index contributed by atoms with van der Waals surface area (Å²) in [5, 5.41) is 0.00707. The normalized spacial score (nSPS) is 12.7. The molecule has 0 aliphatic rings. The molecule has 0 radical (unpaired) electrons. The van der Waals surface area contributed by atoms with Crippen LogP contribution in [0, 0.1) is 5.92 Å². The molecule has 0 heterocycles. The highest BCUT2D eigenvalue weighted by Crippen LogP contribution is 2.23. The topological polar surface area (TPSA) is 43.4 Å². The molecule has 1 aromatic rings. The molecule has 0 fully saturated rings. The van der Waals surface area contributed by atoms with Gasteiger partial charge in [-0.2, -0.15) is 0 Å². The van der Waals surface area contributed by atoms with Crippen molar-refractivity contribution in [2.24, 2.45) is 5.92 Å². The van der Waals surface area contributed by atoms with E-state index in [0.29, 0.717) is 23.8 Å². The summed E-state index contributed by atoms with van der Waals surface area (Å²) in [6, 6.07) is 7.74. The van der Waals surface area contributed by atoms with Crippen molar-refractivity contribution in [2.45, 2.75) is 72.1 Å². The summed E-state index contributed by atoms with van der Waals surface area (Å²) >= 11 is 1.19. The van der Waals surface area contributed by atoms with Crippen LogP contribution in [0.2, 0.25) is 0 Å². The van der Waals surface area contributed by atoms with Gasteiger partial charge in [-0.05, 0) is 23.3 Å². The van der Waals surface area contributed by atoms with Gasteiger partial charge in [0.15, 0.2) is 0 Å².